The highest BCUT2D eigenvalue weighted by molar-refractivity contribution is 6.04. The molecule has 0 fully saturated rings. The van der Waals surface area contributed by atoms with Crippen LogP contribution in [-0.4, -0.2) is 76.3 Å². The number of rotatable bonds is 11. The summed E-state index contributed by atoms with van der Waals surface area (Å²) in [5.74, 6) is 1.11. The summed E-state index contributed by atoms with van der Waals surface area (Å²) in [5.41, 5.74) is 6.23. The number of amides is 1. The average molecular weight is 613 g/mol. The lowest BCUT2D eigenvalue weighted by Gasteiger charge is -2.30. The van der Waals surface area contributed by atoms with E-state index < -0.39 is 6.09 Å². The summed E-state index contributed by atoms with van der Waals surface area (Å²) in [7, 11) is 3.19. The topological polar surface area (TPSA) is 125 Å². The lowest BCUT2D eigenvalue weighted by atomic mass is 10.0. The maximum Gasteiger partial charge on any atom is 0.421 e. The predicted molar refractivity (Wildman–Crippen MR) is 174 cm³/mol. The zero-order valence-electron chi connectivity index (χ0n) is 26.6. The summed E-state index contributed by atoms with van der Waals surface area (Å²) >= 11 is 0. The molecule has 0 atom stereocenters. The number of H-pyrrole nitrogens is 1. The number of oxime groups is 1. The van der Waals surface area contributed by atoms with Gasteiger partial charge in [0.2, 0.25) is 0 Å². The average Bonchev–Trinajstić information content (AvgIpc) is 3.66. The van der Waals surface area contributed by atoms with E-state index >= 15 is 0 Å². The Bertz CT molecular complexity index is 1660. The number of aromatic nitrogens is 3. The maximum absolute atomic E-state index is 13.3. The summed E-state index contributed by atoms with van der Waals surface area (Å²) in [6, 6.07) is 15.8. The van der Waals surface area contributed by atoms with Crippen LogP contribution in [0, 0.1) is 0 Å². The molecule has 2 aromatic heterocycles. The number of fused-ring (bicyclic) bond motifs is 1. The third-order valence-electron chi connectivity index (χ3n) is 8.02. The Morgan fingerprint density at radius 3 is 2.44 bits per heavy atom. The van der Waals surface area contributed by atoms with Crippen molar-refractivity contribution in [2.24, 2.45) is 5.16 Å². The van der Waals surface area contributed by atoms with Gasteiger partial charge in [-0.15, -0.1) is 0 Å². The molecule has 0 aliphatic heterocycles. The molecule has 1 amide bonds. The Balaban J connectivity index is 1.34. The van der Waals surface area contributed by atoms with Gasteiger partial charge in [0, 0.05) is 60.8 Å². The van der Waals surface area contributed by atoms with E-state index in [9.17, 15) is 10.0 Å². The van der Waals surface area contributed by atoms with Crippen LogP contribution in [0.2, 0.25) is 0 Å². The van der Waals surface area contributed by atoms with E-state index in [0.717, 1.165) is 35.2 Å². The van der Waals surface area contributed by atoms with Gasteiger partial charge in [-0.2, -0.15) is 4.98 Å². The second-order valence-corrected chi connectivity index (χ2v) is 11.5. The summed E-state index contributed by atoms with van der Waals surface area (Å²) in [5, 5.41) is 12.8. The minimum Gasteiger partial charge on any atom is -0.493 e. The van der Waals surface area contributed by atoms with Crippen molar-refractivity contribution < 1.29 is 24.2 Å². The lowest BCUT2D eigenvalue weighted by molar-refractivity contribution is 0.140. The number of aryl methyl sites for hydroxylation is 1. The highest BCUT2D eigenvalue weighted by Gasteiger charge is 2.24. The van der Waals surface area contributed by atoms with Crippen molar-refractivity contribution in [1.82, 2.24) is 19.9 Å². The van der Waals surface area contributed by atoms with Crippen LogP contribution in [0.5, 0.6) is 17.5 Å². The van der Waals surface area contributed by atoms with Crippen LogP contribution in [0.1, 0.15) is 45.2 Å². The monoisotopic (exact) mass is 612 g/mol. The standard InChI is InChI=1S/C34H40N6O5/c1-21(2)40(22(3)4)17-18-44-29-12-9-26(20-30(29)43-6)39(5)34(41)45-33-36-31(23-13-15-35-16-14-23)32(37-33)25-7-10-27-24(19-25)8-11-28(27)38-42/h7,9-10,12-16,19-22,42H,8,11,17-18H2,1-6H3,(H,36,37). The number of pyridine rings is 1. The summed E-state index contributed by atoms with van der Waals surface area (Å²) in [4.78, 5) is 29.0. The van der Waals surface area contributed by atoms with Gasteiger partial charge in [0.05, 0.1) is 24.2 Å². The van der Waals surface area contributed by atoms with Crippen LogP contribution < -0.4 is 19.1 Å². The van der Waals surface area contributed by atoms with E-state index in [4.69, 9.17) is 14.2 Å². The van der Waals surface area contributed by atoms with E-state index in [1.54, 1.807) is 44.8 Å². The molecule has 0 saturated carbocycles. The number of ether oxygens (including phenoxy) is 3. The molecule has 11 heteroatoms. The second-order valence-electron chi connectivity index (χ2n) is 11.5. The zero-order chi connectivity index (χ0) is 32.1. The number of carbonyl (C=O) groups is 1. The van der Waals surface area contributed by atoms with Crippen molar-refractivity contribution in [3.8, 4) is 40.0 Å². The fourth-order valence-electron chi connectivity index (χ4n) is 5.67. The van der Waals surface area contributed by atoms with Crippen LogP contribution in [0.4, 0.5) is 10.5 Å². The first-order valence-electron chi connectivity index (χ1n) is 15.1. The van der Waals surface area contributed by atoms with Crippen molar-refractivity contribution in [3.63, 3.8) is 0 Å². The van der Waals surface area contributed by atoms with E-state index in [1.165, 1.54) is 4.90 Å². The molecule has 0 unspecified atom stereocenters. The van der Waals surface area contributed by atoms with Crippen LogP contribution in [0.25, 0.3) is 22.5 Å². The third-order valence-corrected chi connectivity index (χ3v) is 8.02. The quantitative estimate of drug-likeness (QED) is 0.147. The molecule has 0 spiro atoms. The predicted octanol–water partition coefficient (Wildman–Crippen LogP) is 6.40. The van der Waals surface area contributed by atoms with Crippen LogP contribution in [-0.2, 0) is 6.42 Å². The molecule has 11 nitrogen and oxygen atoms in total. The molecular weight excluding hydrogens is 572 g/mol. The van der Waals surface area contributed by atoms with Gasteiger partial charge in [-0.25, -0.2) is 4.79 Å². The number of aromatic amines is 1. The third kappa shape index (κ3) is 6.93. The van der Waals surface area contributed by atoms with Gasteiger partial charge in [0.25, 0.3) is 0 Å². The fourth-order valence-corrected chi connectivity index (χ4v) is 5.67. The smallest absolute Gasteiger partial charge is 0.421 e. The zero-order valence-corrected chi connectivity index (χ0v) is 26.6. The fraction of sp³-hybridized carbons (Fsp3) is 0.353. The maximum atomic E-state index is 13.3. The molecule has 2 aromatic carbocycles. The largest absolute Gasteiger partial charge is 0.493 e. The molecule has 1 aliphatic rings. The van der Waals surface area contributed by atoms with Gasteiger partial charge < -0.3 is 24.4 Å². The molecule has 5 rings (SSSR count). The number of imidazole rings is 1. The van der Waals surface area contributed by atoms with Crippen molar-refractivity contribution in [3.05, 3.63) is 72.1 Å². The van der Waals surface area contributed by atoms with Crippen LogP contribution >= 0.6 is 0 Å². The van der Waals surface area contributed by atoms with Gasteiger partial charge in [-0.05, 0) is 76.4 Å². The summed E-state index contributed by atoms with van der Waals surface area (Å²) in [6.07, 6.45) is 4.20. The Labute approximate surface area is 263 Å². The Kier molecular flexibility index (Phi) is 9.68. The van der Waals surface area contributed by atoms with Crippen LogP contribution in [0.15, 0.2) is 66.1 Å². The number of nitrogens with zero attached hydrogens (tertiary/aromatic N) is 5. The molecule has 45 heavy (non-hydrogen) atoms. The molecular formula is C34H40N6O5. The molecule has 0 bridgehead atoms. The normalized spacial score (nSPS) is 13.5. The SMILES string of the molecule is COc1cc(N(C)C(=O)Oc2nc(-c3ccc4c(c3)CCC4=NO)c(-c3ccncc3)[nH]2)ccc1OCCN(C(C)C)C(C)C. The van der Waals surface area contributed by atoms with Gasteiger partial charge in [-0.1, -0.05) is 17.3 Å². The first kappa shape index (κ1) is 31.5. The molecule has 2 heterocycles. The van der Waals surface area contributed by atoms with Gasteiger partial charge in [0.1, 0.15) is 12.3 Å². The van der Waals surface area contributed by atoms with E-state index in [-0.39, 0.29) is 6.01 Å². The highest BCUT2D eigenvalue weighted by Crippen LogP contribution is 2.36. The Hall–Kier alpha value is -4.90. The number of hydrogen-bond acceptors (Lipinski definition) is 9. The highest BCUT2D eigenvalue weighted by atomic mass is 16.6. The number of carbonyl (C=O) groups excluding carboxylic acids is 1. The first-order chi connectivity index (χ1) is 21.7. The van der Waals surface area contributed by atoms with Crippen molar-refractivity contribution in [1.29, 1.82) is 0 Å². The molecule has 0 radical (unpaired) electrons. The van der Waals surface area contributed by atoms with Gasteiger partial charge >= 0.3 is 12.1 Å². The van der Waals surface area contributed by atoms with Crippen molar-refractivity contribution >= 4 is 17.5 Å². The minimum atomic E-state index is -0.630. The van der Waals surface area contributed by atoms with Crippen molar-refractivity contribution in [2.45, 2.75) is 52.6 Å². The Morgan fingerprint density at radius 1 is 1.00 bits per heavy atom. The number of anilines is 1. The van der Waals surface area contributed by atoms with E-state index in [0.29, 0.717) is 59.4 Å². The van der Waals surface area contributed by atoms with Gasteiger partial charge in [0.15, 0.2) is 11.5 Å². The molecule has 236 valence electrons. The lowest BCUT2D eigenvalue weighted by Crippen LogP contribution is -2.39. The number of hydrogen-bond donors (Lipinski definition) is 2. The summed E-state index contributed by atoms with van der Waals surface area (Å²) in [6.45, 7) is 9.97. The molecule has 1 aliphatic carbocycles. The number of methoxy groups -OCH3 is 1. The first-order valence-corrected chi connectivity index (χ1v) is 15.1. The van der Waals surface area contributed by atoms with Crippen LogP contribution in [0.3, 0.4) is 0 Å². The minimum absolute atomic E-state index is 0.0542. The second kappa shape index (κ2) is 13.8. The Morgan fingerprint density at radius 2 is 1.76 bits per heavy atom. The number of nitrogens with one attached hydrogen (secondary N) is 1. The number of benzene rings is 2. The molecule has 2 N–H and O–H groups in total. The summed E-state index contributed by atoms with van der Waals surface area (Å²) < 4.78 is 17.4. The van der Waals surface area contributed by atoms with E-state index in [1.807, 2.05) is 30.3 Å². The van der Waals surface area contributed by atoms with E-state index in [2.05, 4.69) is 52.7 Å². The van der Waals surface area contributed by atoms with Crippen molar-refractivity contribution in [2.75, 3.05) is 32.2 Å². The molecule has 4 aromatic rings. The molecule has 0 saturated heterocycles. The van der Waals surface area contributed by atoms with Gasteiger partial charge in [-0.3, -0.25) is 14.8 Å².